The van der Waals surface area contributed by atoms with Gasteiger partial charge >= 0.3 is 31.5 Å². The fourth-order valence-electron chi connectivity index (χ4n) is 2.75. The van der Waals surface area contributed by atoms with E-state index in [0.717, 1.165) is 33.7 Å². The predicted molar refractivity (Wildman–Crippen MR) is 101 cm³/mol. The maximum atomic E-state index is 5.59. The van der Waals surface area contributed by atoms with Crippen LogP contribution >= 0.6 is 24.8 Å². The first-order valence-corrected chi connectivity index (χ1v) is 11.7. The Morgan fingerprint density at radius 2 is 1.85 bits per heavy atom. The van der Waals surface area contributed by atoms with Crippen LogP contribution in [-0.2, 0) is 27.4 Å². The third-order valence-corrected chi connectivity index (χ3v) is 4.23. The van der Waals surface area contributed by atoms with Crippen LogP contribution in [0.2, 0.25) is 0 Å². The van der Waals surface area contributed by atoms with Crippen LogP contribution in [0.25, 0.3) is 22.6 Å². The minimum atomic E-state index is 0. The van der Waals surface area contributed by atoms with Crippen LogP contribution in [0, 0.1) is 6.07 Å². The Labute approximate surface area is 191 Å². The summed E-state index contributed by atoms with van der Waals surface area (Å²) in [6.45, 7) is 0. The average Bonchev–Trinajstić information content (AvgIpc) is 3.31. The molecular weight excluding hydrogens is 530 g/mol. The zero-order chi connectivity index (χ0) is 16.9. The molecule has 0 spiro atoms. The van der Waals surface area contributed by atoms with E-state index in [9.17, 15) is 0 Å². The van der Waals surface area contributed by atoms with E-state index in [-0.39, 0.29) is 29.8 Å². The van der Waals surface area contributed by atoms with Gasteiger partial charge in [0.1, 0.15) is 0 Å². The molecule has 26 heavy (non-hydrogen) atoms. The first kappa shape index (κ1) is 23.5. The Hall–Kier alpha value is -0.507. The van der Waals surface area contributed by atoms with Gasteiger partial charge in [-0.3, -0.25) is 0 Å². The van der Waals surface area contributed by atoms with Gasteiger partial charge in [-0.05, 0) is 27.6 Å². The van der Waals surface area contributed by atoms with Gasteiger partial charge in [-0.15, -0.1) is 64.4 Å². The summed E-state index contributed by atoms with van der Waals surface area (Å²) >= 11 is 4.53. The van der Waals surface area contributed by atoms with Crippen LogP contribution in [0.3, 0.4) is 0 Å². The summed E-state index contributed by atoms with van der Waals surface area (Å²) in [4.78, 5) is 0. The average molecular weight is 543 g/mol. The largest absolute Gasteiger partial charge is 0.168 e. The number of halogens is 3. The van der Waals surface area contributed by atoms with E-state index in [1.807, 2.05) is 12.1 Å². The number of hydrogen-bond donors (Lipinski definition) is 0. The van der Waals surface area contributed by atoms with Gasteiger partial charge in [0.05, 0.1) is 5.76 Å². The smallest absolute Gasteiger partial charge is 0.0809 e. The second kappa shape index (κ2) is 11.4. The number of benzene rings is 2. The normalized spacial score (nSPS) is 15.3. The molecule has 3 aromatic rings. The molecule has 3 aromatic carbocycles. The van der Waals surface area contributed by atoms with Crippen molar-refractivity contribution in [2.24, 2.45) is 0 Å². The summed E-state index contributed by atoms with van der Waals surface area (Å²) < 4.78 is 5.59. The molecule has 2 aliphatic rings. The van der Waals surface area contributed by atoms with Gasteiger partial charge in [-0.25, -0.2) is 0 Å². The number of rotatable bonds is 0. The molecule has 0 bridgehead atoms. The van der Waals surface area contributed by atoms with Crippen molar-refractivity contribution in [3.8, 4) is 0 Å². The van der Waals surface area contributed by atoms with Crippen LogP contribution in [0.4, 0.5) is 0 Å². The van der Waals surface area contributed by atoms with Gasteiger partial charge in [0.15, 0.2) is 5.01 Å². The summed E-state index contributed by atoms with van der Waals surface area (Å²) in [5.74, 6) is 0.956. The van der Waals surface area contributed by atoms with Crippen molar-refractivity contribution in [2.45, 2.75) is 5.01 Å². The molecule has 1 unspecified atom stereocenters. The van der Waals surface area contributed by atoms with Crippen molar-refractivity contribution in [1.29, 1.82) is 0 Å². The molecule has 1 aliphatic carbocycles. The molecule has 1 nitrogen and oxygen atoms in total. The number of ether oxygens (including phenoxy) is 1. The van der Waals surface area contributed by atoms with E-state index in [1.165, 1.54) is 21.6 Å². The molecular formula is C20H13BrCl2OSZr-2. The fraction of sp³-hybridized carbons (Fsp3) is 0.0500. The summed E-state index contributed by atoms with van der Waals surface area (Å²) in [7, 11) is 4.17. The quantitative estimate of drug-likeness (QED) is 0.247. The Bertz CT molecular complexity index is 986. The Balaban J connectivity index is 0.000000232. The molecule has 0 fully saturated rings. The molecule has 0 saturated carbocycles. The monoisotopic (exact) mass is 540 g/mol. The molecule has 132 valence electrons. The minimum absolute atomic E-state index is 0. The minimum Gasteiger partial charge on any atom is -0.168 e. The van der Waals surface area contributed by atoms with Crippen LogP contribution in [-0.4, -0.2) is 5.01 Å². The van der Waals surface area contributed by atoms with Gasteiger partial charge in [-0.2, -0.15) is 17.5 Å². The third kappa shape index (κ3) is 5.27. The van der Waals surface area contributed by atoms with Gasteiger partial charge in [0.25, 0.3) is 0 Å². The second-order valence-corrected chi connectivity index (χ2v) is 6.12. The summed E-state index contributed by atoms with van der Waals surface area (Å²) in [6.07, 6.45) is 4.19. The molecule has 5 rings (SSSR count). The van der Waals surface area contributed by atoms with Crippen molar-refractivity contribution >= 4 is 47.4 Å². The predicted octanol–water partition coefficient (Wildman–Crippen LogP) is -1.72. The maximum Gasteiger partial charge on any atom is -0.0809 e. The van der Waals surface area contributed by atoms with Crippen LogP contribution in [0.15, 0.2) is 72.3 Å². The van der Waals surface area contributed by atoms with Crippen LogP contribution in [0.5, 0.6) is 0 Å². The van der Waals surface area contributed by atoms with E-state index in [0.29, 0.717) is 0 Å². The second-order valence-electron chi connectivity index (χ2n) is 5.22. The molecule has 0 saturated heterocycles. The summed E-state index contributed by atoms with van der Waals surface area (Å²) in [5.41, 5.74) is 1.17. The molecule has 1 atom stereocenters. The maximum absolute atomic E-state index is 5.59. The molecule has 0 amide bonds. The van der Waals surface area contributed by atoms with Crippen LogP contribution < -0.4 is 35.3 Å². The topological polar surface area (TPSA) is 9.23 Å². The van der Waals surface area contributed by atoms with Gasteiger partial charge in [0.2, 0.25) is 0 Å². The SMILES string of the molecule is BrC1C=C2C=c3ccc[c-]c3=C2O1.[Cl-].[Cl-].[S]=[Zr+2].c1ccc2[cH-]ccc2c1. The molecule has 1 heterocycles. The van der Waals surface area contributed by atoms with E-state index < -0.39 is 0 Å². The zero-order valence-corrected chi connectivity index (χ0v) is 19.8. The molecule has 1 aliphatic heterocycles. The first-order chi connectivity index (χ1) is 11.8. The van der Waals surface area contributed by atoms with Gasteiger partial charge in [0, 0.05) is 0 Å². The van der Waals surface area contributed by atoms with E-state index in [4.69, 9.17) is 4.74 Å². The number of hydrogen-bond acceptors (Lipinski definition) is 2. The zero-order valence-electron chi connectivity index (χ0n) is 13.5. The van der Waals surface area contributed by atoms with E-state index >= 15 is 0 Å². The number of fused-ring (bicyclic) bond motifs is 3. The molecule has 0 N–H and O–H groups in total. The van der Waals surface area contributed by atoms with Crippen molar-refractivity contribution < 1.29 is 52.2 Å². The molecule has 0 aromatic heterocycles. The van der Waals surface area contributed by atoms with E-state index in [1.54, 1.807) is 0 Å². The van der Waals surface area contributed by atoms with E-state index in [2.05, 4.69) is 91.5 Å². The van der Waals surface area contributed by atoms with Crippen molar-refractivity contribution in [1.82, 2.24) is 0 Å². The van der Waals surface area contributed by atoms with Gasteiger partial charge in [-0.1, -0.05) is 12.1 Å². The number of alkyl halides is 1. The molecule has 0 radical (unpaired) electrons. The Morgan fingerprint density at radius 1 is 1.08 bits per heavy atom. The fourth-order valence-corrected chi connectivity index (χ4v) is 3.22. The van der Waals surface area contributed by atoms with Crippen molar-refractivity contribution in [2.75, 3.05) is 0 Å². The van der Waals surface area contributed by atoms with Gasteiger partial charge < -0.3 is 29.6 Å². The third-order valence-electron chi connectivity index (χ3n) is 3.78. The standard InChI is InChI=1S/C11H6BrO.C9H7.2ClH.S.Zr/c12-10-6-8-5-7-3-1-2-4-9(7)11(8)13-10;1-2-5-9-7-3-6-8(9)4-1;;;;/h1-3,5-6,10H;1-7H;2*1H;;/q2*-1;;;;+2/p-2. The Kier molecular flexibility index (Phi) is 10.3. The Morgan fingerprint density at radius 3 is 2.62 bits per heavy atom. The first-order valence-electron chi connectivity index (χ1n) is 7.38. The summed E-state index contributed by atoms with van der Waals surface area (Å²) in [6, 6.07) is 23.8. The van der Waals surface area contributed by atoms with Crippen LogP contribution in [0.1, 0.15) is 0 Å². The molecule has 6 heteroatoms. The van der Waals surface area contributed by atoms with Crippen molar-refractivity contribution in [3.63, 3.8) is 0 Å². The van der Waals surface area contributed by atoms with Crippen molar-refractivity contribution in [3.05, 3.63) is 88.8 Å². The summed E-state index contributed by atoms with van der Waals surface area (Å²) in [5, 5.41) is 4.96.